The molecular formula is C25H45NO9. The van der Waals surface area contributed by atoms with Crippen molar-refractivity contribution < 1.29 is 43.6 Å². The minimum atomic E-state index is -1.06. The fourth-order valence-corrected chi connectivity index (χ4v) is 3.61. The van der Waals surface area contributed by atoms with E-state index in [2.05, 4.69) is 23.9 Å². The lowest BCUT2D eigenvalue weighted by Gasteiger charge is -2.24. The third-order valence-corrected chi connectivity index (χ3v) is 5.15. The maximum absolute atomic E-state index is 11.0. The molecule has 3 N–H and O–H groups in total. The van der Waals surface area contributed by atoms with Gasteiger partial charge in [0, 0.05) is 6.54 Å². The highest BCUT2D eigenvalue weighted by atomic mass is 16.8. The number of carbonyl (C=O) groups is 4. The monoisotopic (exact) mass is 503 g/mol. The van der Waals surface area contributed by atoms with Gasteiger partial charge in [0.2, 0.25) is 0 Å². The molecule has 10 heteroatoms. The van der Waals surface area contributed by atoms with Gasteiger partial charge in [-0.1, -0.05) is 26.7 Å². The number of carbonyl (C=O) groups excluding carboxylic acids is 2. The highest BCUT2D eigenvalue weighted by Crippen LogP contribution is 2.28. The molecule has 0 bridgehead atoms. The number of ether oxygens (including phenoxy) is 3. The van der Waals surface area contributed by atoms with Gasteiger partial charge in [0.1, 0.15) is 11.2 Å². The first-order chi connectivity index (χ1) is 15.9. The van der Waals surface area contributed by atoms with Gasteiger partial charge in [-0.2, -0.15) is 0 Å². The molecule has 1 saturated heterocycles. The standard InChI is InChI=1S/C10H18O5.C8H14O2.C7H13NO2/c1-9(2,3)14-7(11)13-8(12)15-10(4,5)6;1-6-3-2-4-7(5-6)8(9)10;1-5-2-6(7(9)10)4-8-3-5/h1-6H3;6-7H,2-5H2,1H3,(H,9,10);5-6,8H,2-4H2,1H3,(H,9,10). The largest absolute Gasteiger partial charge is 0.519 e. The Morgan fingerprint density at radius 1 is 0.714 bits per heavy atom. The highest BCUT2D eigenvalue weighted by molar-refractivity contribution is 5.77. The smallest absolute Gasteiger partial charge is 0.481 e. The fourth-order valence-electron chi connectivity index (χ4n) is 3.61. The molecule has 1 saturated carbocycles. The van der Waals surface area contributed by atoms with E-state index in [0.29, 0.717) is 18.4 Å². The first-order valence-corrected chi connectivity index (χ1v) is 12.2. The van der Waals surface area contributed by atoms with Gasteiger partial charge < -0.3 is 29.7 Å². The fraction of sp³-hybridized carbons (Fsp3) is 0.840. The molecule has 204 valence electrons. The van der Waals surface area contributed by atoms with E-state index >= 15 is 0 Å². The summed E-state index contributed by atoms with van der Waals surface area (Å²) in [4.78, 5) is 43.0. The molecule has 0 aromatic heterocycles. The van der Waals surface area contributed by atoms with Crippen LogP contribution in [0.2, 0.25) is 0 Å². The molecule has 0 radical (unpaired) electrons. The zero-order valence-electron chi connectivity index (χ0n) is 22.5. The molecule has 0 aromatic carbocycles. The van der Waals surface area contributed by atoms with E-state index in [9.17, 15) is 19.2 Å². The van der Waals surface area contributed by atoms with Crippen LogP contribution < -0.4 is 5.32 Å². The van der Waals surface area contributed by atoms with E-state index in [1.165, 1.54) is 6.42 Å². The van der Waals surface area contributed by atoms with E-state index in [1.54, 1.807) is 41.5 Å². The SMILES string of the molecule is CC(C)(C)OC(=O)OC(=O)OC(C)(C)C.CC1CCCC(C(=O)O)C1.CC1CNCC(C(=O)O)C1. The predicted octanol–water partition coefficient (Wildman–Crippen LogP) is 5.09. The minimum absolute atomic E-state index is 0.0521. The summed E-state index contributed by atoms with van der Waals surface area (Å²) >= 11 is 0. The molecule has 35 heavy (non-hydrogen) atoms. The van der Waals surface area contributed by atoms with Crippen molar-refractivity contribution in [2.45, 2.75) is 98.7 Å². The first-order valence-electron chi connectivity index (χ1n) is 12.2. The number of hydrogen-bond acceptors (Lipinski definition) is 8. The second-order valence-corrected chi connectivity index (χ2v) is 11.4. The molecule has 1 aliphatic heterocycles. The molecule has 0 spiro atoms. The molecule has 2 rings (SSSR count). The van der Waals surface area contributed by atoms with Crippen LogP contribution >= 0.6 is 0 Å². The van der Waals surface area contributed by atoms with Gasteiger partial charge in [0.05, 0.1) is 11.8 Å². The van der Waals surface area contributed by atoms with Crippen molar-refractivity contribution >= 4 is 24.2 Å². The van der Waals surface area contributed by atoms with Gasteiger partial charge in [0.15, 0.2) is 0 Å². The van der Waals surface area contributed by atoms with Crippen LogP contribution in [-0.2, 0) is 23.8 Å². The van der Waals surface area contributed by atoms with Crippen molar-refractivity contribution in [3.63, 3.8) is 0 Å². The van der Waals surface area contributed by atoms with E-state index in [4.69, 9.17) is 19.7 Å². The summed E-state index contributed by atoms with van der Waals surface area (Å²) in [6, 6.07) is 0. The number of carboxylic acid groups (broad SMARTS) is 2. The Kier molecular flexibility index (Phi) is 13.9. The Hall–Kier alpha value is -2.36. The van der Waals surface area contributed by atoms with Crippen LogP contribution in [0.25, 0.3) is 0 Å². The highest BCUT2D eigenvalue weighted by Gasteiger charge is 2.25. The van der Waals surface area contributed by atoms with Crippen molar-refractivity contribution in [1.82, 2.24) is 5.32 Å². The maximum Gasteiger partial charge on any atom is 0.519 e. The van der Waals surface area contributed by atoms with Crippen LogP contribution in [0.15, 0.2) is 0 Å². The number of aliphatic carboxylic acids is 2. The topological polar surface area (TPSA) is 148 Å². The Labute approximate surface area is 209 Å². The summed E-state index contributed by atoms with van der Waals surface area (Å²) in [5.41, 5.74) is -1.39. The third-order valence-electron chi connectivity index (χ3n) is 5.15. The Morgan fingerprint density at radius 2 is 1.17 bits per heavy atom. The summed E-state index contributed by atoms with van der Waals surface area (Å²) in [5.74, 6) is -0.359. The molecule has 0 amide bonds. The van der Waals surface area contributed by atoms with Crippen molar-refractivity contribution in [3.05, 3.63) is 0 Å². The quantitative estimate of drug-likeness (QED) is 0.344. The van der Waals surface area contributed by atoms with Crippen molar-refractivity contribution in [1.29, 1.82) is 0 Å². The Morgan fingerprint density at radius 3 is 1.49 bits per heavy atom. The lowest BCUT2D eigenvalue weighted by molar-refractivity contribution is -0.144. The number of piperidine rings is 1. The van der Waals surface area contributed by atoms with Crippen molar-refractivity contribution in [2.75, 3.05) is 13.1 Å². The predicted molar refractivity (Wildman–Crippen MR) is 130 cm³/mol. The van der Waals surface area contributed by atoms with E-state index in [0.717, 1.165) is 32.2 Å². The van der Waals surface area contributed by atoms with Crippen LogP contribution in [0.4, 0.5) is 9.59 Å². The second-order valence-electron chi connectivity index (χ2n) is 11.4. The van der Waals surface area contributed by atoms with E-state index in [1.807, 2.05) is 0 Å². The van der Waals surface area contributed by atoms with Crippen LogP contribution in [-0.4, -0.2) is 58.8 Å². The zero-order chi connectivity index (χ0) is 27.4. The van der Waals surface area contributed by atoms with Gasteiger partial charge in [-0.15, -0.1) is 0 Å². The molecule has 1 aliphatic carbocycles. The average Bonchev–Trinajstić information content (AvgIpc) is 2.65. The summed E-state index contributed by atoms with van der Waals surface area (Å²) in [6.07, 6.45) is 2.78. The molecule has 4 unspecified atom stereocenters. The Bertz CT molecular complexity index is 636. The van der Waals surface area contributed by atoms with Crippen LogP contribution in [0.5, 0.6) is 0 Å². The molecular weight excluding hydrogens is 458 g/mol. The molecule has 4 atom stereocenters. The Balaban J connectivity index is 0.000000510. The first kappa shape index (κ1) is 32.6. The van der Waals surface area contributed by atoms with Gasteiger partial charge in [-0.3, -0.25) is 9.59 Å². The van der Waals surface area contributed by atoms with Crippen molar-refractivity contribution in [2.24, 2.45) is 23.7 Å². The van der Waals surface area contributed by atoms with Gasteiger partial charge in [0.25, 0.3) is 0 Å². The summed E-state index contributed by atoms with van der Waals surface area (Å²) < 4.78 is 13.8. The van der Waals surface area contributed by atoms with Crippen LogP contribution in [0, 0.1) is 23.7 Å². The minimum Gasteiger partial charge on any atom is -0.481 e. The summed E-state index contributed by atoms with van der Waals surface area (Å²) in [7, 11) is 0. The average molecular weight is 504 g/mol. The van der Waals surface area contributed by atoms with Crippen molar-refractivity contribution in [3.8, 4) is 0 Å². The van der Waals surface area contributed by atoms with Crippen LogP contribution in [0.3, 0.4) is 0 Å². The maximum atomic E-state index is 11.0. The second kappa shape index (κ2) is 14.9. The molecule has 2 aliphatic rings. The lowest BCUT2D eigenvalue weighted by Crippen LogP contribution is -2.38. The van der Waals surface area contributed by atoms with Crippen LogP contribution in [0.1, 0.15) is 87.5 Å². The normalized spacial score (nSPS) is 24.3. The molecule has 2 fully saturated rings. The lowest BCUT2D eigenvalue weighted by atomic mass is 9.83. The third kappa shape index (κ3) is 17.7. The van der Waals surface area contributed by atoms with Gasteiger partial charge >= 0.3 is 24.2 Å². The number of carboxylic acids is 2. The number of hydrogen-bond donors (Lipinski definition) is 3. The van der Waals surface area contributed by atoms with E-state index in [-0.39, 0.29) is 11.8 Å². The molecule has 1 heterocycles. The zero-order valence-corrected chi connectivity index (χ0v) is 22.5. The summed E-state index contributed by atoms with van der Waals surface area (Å²) in [6.45, 7) is 15.8. The number of nitrogens with one attached hydrogen (secondary N) is 1. The number of rotatable bonds is 2. The molecule has 0 aromatic rings. The molecule has 10 nitrogen and oxygen atoms in total. The summed E-state index contributed by atoms with van der Waals surface area (Å²) in [5, 5.41) is 20.4. The van der Waals surface area contributed by atoms with E-state index < -0.39 is 35.5 Å². The van der Waals surface area contributed by atoms with Gasteiger partial charge in [-0.05, 0) is 79.2 Å². The van der Waals surface area contributed by atoms with Gasteiger partial charge in [-0.25, -0.2) is 9.59 Å².